The molecule has 2 rings (SSSR count). The molecule has 0 bridgehead atoms. The van der Waals surface area contributed by atoms with Crippen molar-refractivity contribution in [3.05, 3.63) is 12.1 Å². The van der Waals surface area contributed by atoms with Gasteiger partial charge in [-0.05, 0) is 25.0 Å². The summed E-state index contributed by atoms with van der Waals surface area (Å²) < 4.78 is 11.3. The molecule has 8 nitrogen and oxygen atoms in total. The number of isocyanates is 3. The standard InChI is InChI=1S/C16H15N3O5/c1-10(2)15-16(3,24-15)6-23-14-12(18-8-21)4-11(17-7-20)5-13(14)19-9-22/h4-5,10,15H,6H2,1-3H3. The minimum Gasteiger partial charge on any atom is -0.486 e. The predicted octanol–water partition coefficient (Wildman–Crippen LogP) is 2.78. The second-order valence-electron chi connectivity index (χ2n) is 5.81. The van der Waals surface area contributed by atoms with Gasteiger partial charge in [-0.3, -0.25) is 0 Å². The van der Waals surface area contributed by atoms with Gasteiger partial charge >= 0.3 is 0 Å². The van der Waals surface area contributed by atoms with Crippen LogP contribution in [0.4, 0.5) is 17.1 Å². The molecule has 1 fully saturated rings. The van der Waals surface area contributed by atoms with Crippen LogP contribution in [-0.2, 0) is 19.1 Å². The molecule has 1 heterocycles. The summed E-state index contributed by atoms with van der Waals surface area (Å²) in [6, 6.07) is 2.65. The summed E-state index contributed by atoms with van der Waals surface area (Å²) in [5.74, 6) is 0.411. The Morgan fingerprint density at radius 3 is 2.08 bits per heavy atom. The third-order valence-corrected chi connectivity index (χ3v) is 3.59. The average molecular weight is 329 g/mol. The highest BCUT2D eigenvalue weighted by atomic mass is 16.6. The molecule has 0 amide bonds. The van der Waals surface area contributed by atoms with Crippen molar-refractivity contribution in [2.75, 3.05) is 6.61 Å². The second kappa shape index (κ2) is 7.13. The molecule has 0 aliphatic carbocycles. The highest BCUT2D eigenvalue weighted by molar-refractivity contribution is 5.76. The van der Waals surface area contributed by atoms with Crippen molar-refractivity contribution in [2.24, 2.45) is 20.9 Å². The van der Waals surface area contributed by atoms with Crippen LogP contribution in [0.1, 0.15) is 20.8 Å². The first-order valence-electron chi connectivity index (χ1n) is 7.17. The Morgan fingerprint density at radius 2 is 1.67 bits per heavy atom. The largest absolute Gasteiger partial charge is 0.486 e. The van der Waals surface area contributed by atoms with Crippen molar-refractivity contribution >= 4 is 35.3 Å². The summed E-state index contributed by atoms with van der Waals surface area (Å²) in [7, 11) is 0. The van der Waals surface area contributed by atoms with Crippen LogP contribution in [0.25, 0.3) is 0 Å². The van der Waals surface area contributed by atoms with Crippen LogP contribution >= 0.6 is 0 Å². The monoisotopic (exact) mass is 329 g/mol. The Labute approximate surface area is 137 Å². The van der Waals surface area contributed by atoms with Crippen LogP contribution in [0.2, 0.25) is 0 Å². The van der Waals surface area contributed by atoms with Crippen molar-refractivity contribution in [2.45, 2.75) is 32.5 Å². The van der Waals surface area contributed by atoms with Gasteiger partial charge in [-0.1, -0.05) is 13.8 Å². The zero-order valence-electron chi connectivity index (χ0n) is 13.4. The second-order valence-corrected chi connectivity index (χ2v) is 5.81. The molecule has 8 heteroatoms. The predicted molar refractivity (Wildman–Crippen MR) is 83.4 cm³/mol. The fraction of sp³-hybridized carbons (Fsp3) is 0.438. The van der Waals surface area contributed by atoms with Crippen LogP contribution in [0.15, 0.2) is 27.1 Å². The van der Waals surface area contributed by atoms with E-state index in [-0.39, 0.29) is 35.5 Å². The van der Waals surface area contributed by atoms with Gasteiger partial charge in [-0.15, -0.1) is 0 Å². The molecule has 24 heavy (non-hydrogen) atoms. The molecule has 1 aliphatic rings. The summed E-state index contributed by atoms with van der Waals surface area (Å²) in [4.78, 5) is 42.1. The molecule has 0 spiro atoms. The van der Waals surface area contributed by atoms with Gasteiger partial charge < -0.3 is 9.47 Å². The first kappa shape index (κ1) is 17.5. The SMILES string of the molecule is CC(C)C1OC1(C)COc1c(N=C=O)cc(N=C=O)cc1N=C=O. The number of nitrogens with zero attached hydrogens (tertiary/aromatic N) is 3. The van der Waals surface area contributed by atoms with E-state index in [1.807, 2.05) is 20.8 Å². The van der Waals surface area contributed by atoms with Gasteiger partial charge in [0.1, 0.15) is 23.6 Å². The number of aliphatic imine (C=N–C) groups is 3. The third-order valence-electron chi connectivity index (χ3n) is 3.59. The lowest BCUT2D eigenvalue weighted by atomic mass is 10.00. The molecule has 1 saturated heterocycles. The molecule has 0 aromatic heterocycles. The number of hydrogen-bond acceptors (Lipinski definition) is 8. The van der Waals surface area contributed by atoms with E-state index >= 15 is 0 Å². The van der Waals surface area contributed by atoms with Crippen LogP contribution in [0.5, 0.6) is 5.75 Å². The lowest BCUT2D eigenvalue weighted by molar-refractivity contribution is 0.201. The van der Waals surface area contributed by atoms with E-state index < -0.39 is 5.60 Å². The van der Waals surface area contributed by atoms with Crippen LogP contribution in [0.3, 0.4) is 0 Å². The third kappa shape index (κ3) is 3.71. The van der Waals surface area contributed by atoms with E-state index in [1.54, 1.807) is 0 Å². The fourth-order valence-electron chi connectivity index (χ4n) is 2.54. The molecule has 2 atom stereocenters. The molecular weight excluding hydrogens is 314 g/mol. The van der Waals surface area contributed by atoms with Gasteiger partial charge in [0.25, 0.3) is 0 Å². The Hall–Kier alpha value is -2.88. The zero-order valence-corrected chi connectivity index (χ0v) is 13.4. The molecule has 2 unspecified atom stereocenters. The lowest BCUT2D eigenvalue weighted by Gasteiger charge is -2.14. The van der Waals surface area contributed by atoms with Gasteiger partial charge in [-0.25, -0.2) is 14.4 Å². The number of epoxide rings is 1. The van der Waals surface area contributed by atoms with Crippen molar-refractivity contribution < 1.29 is 23.9 Å². The maximum Gasteiger partial charge on any atom is 0.240 e. The Kier molecular flexibility index (Phi) is 5.19. The van der Waals surface area contributed by atoms with E-state index in [4.69, 9.17) is 9.47 Å². The van der Waals surface area contributed by atoms with Crippen LogP contribution in [0, 0.1) is 5.92 Å². The summed E-state index contributed by atoms with van der Waals surface area (Å²) in [5, 5.41) is 0. The molecule has 1 aromatic carbocycles. The van der Waals surface area contributed by atoms with Crippen molar-refractivity contribution in [1.29, 1.82) is 0 Å². The van der Waals surface area contributed by atoms with E-state index in [1.165, 1.54) is 30.4 Å². The van der Waals surface area contributed by atoms with Gasteiger partial charge in [0, 0.05) is 0 Å². The van der Waals surface area contributed by atoms with E-state index in [0.717, 1.165) is 0 Å². The lowest BCUT2D eigenvalue weighted by Crippen LogP contribution is -2.23. The minimum absolute atomic E-state index is 0.0425. The van der Waals surface area contributed by atoms with Gasteiger partial charge in [0.15, 0.2) is 5.75 Å². The normalized spacial score (nSPS) is 21.2. The number of benzene rings is 1. The van der Waals surface area contributed by atoms with E-state index in [9.17, 15) is 14.4 Å². The number of hydrogen-bond donors (Lipinski definition) is 0. The highest BCUT2D eigenvalue weighted by Crippen LogP contribution is 2.45. The molecule has 124 valence electrons. The molecular formula is C16H15N3O5. The average Bonchev–Trinajstić information content (AvgIpc) is 3.20. The molecule has 0 saturated carbocycles. The fourth-order valence-corrected chi connectivity index (χ4v) is 2.54. The van der Waals surface area contributed by atoms with Crippen molar-refractivity contribution in [1.82, 2.24) is 0 Å². The molecule has 0 radical (unpaired) electrons. The van der Waals surface area contributed by atoms with E-state index in [2.05, 4.69) is 15.0 Å². The van der Waals surface area contributed by atoms with Gasteiger partial charge in [0.2, 0.25) is 18.2 Å². The summed E-state index contributed by atoms with van der Waals surface area (Å²) in [5.41, 5.74) is -0.269. The summed E-state index contributed by atoms with van der Waals surface area (Å²) in [6.07, 6.45) is 4.18. The van der Waals surface area contributed by atoms with Crippen molar-refractivity contribution in [3.63, 3.8) is 0 Å². The zero-order chi connectivity index (χ0) is 17.7. The number of carbonyl (C=O) groups excluding carboxylic acids is 3. The summed E-state index contributed by atoms with van der Waals surface area (Å²) in [6.45, 7) is 6.14. The first-order chi connectivity index (χ1) is 11.4. The van der Waals surface area contributed by atoms with Crippen LogP contribution < -0.4 is 4.74 Å². The molecule has 1 aliphatic heterocycles. The number of ether oxygens (including phenoxy) is 2. The molecule has 0 N–H and O–H groups in total. The van der Waals surface area contributed by atoms with Gasteiger partial charge in [-0.2, -0.15) is 15.0 Å². The van der Waals surface area contributed by atoms with Crippen molar-refractivity contribution in [3.8, 4) is 5.75 Å². The number of rotatable bonds is 7. The Bertz CT molecular complexity index is 748. The summed E-state index contributed by atoms with van der Waals surface area (Å²) >= 11 is 0. The molecule has 1 aromatic rings. The smallest absolute Gasteiger partial charge is 0.240 e. The Balaban J connectivity index is 2.38. The van der Waals surface area contributed by atoms with E-state index in [0.29, 0.717) is 5.92 Å². The first-order valence-corrected chi connectivity index (χ1v) is 7.17. The van der Waals surface area contributed by atoms with Gasteiger partial charge in [0.05, 0.1) is 11.8 Å². The quantitative estimate of drug-likeness (QED) is 0.434. The van der Waals surface area contributed by atoms with Crippen LogP contribution in [-0.4, -0.2) is 36.6 Å². The Morgan fingerprint density at radius 1 is 1.12 bits per heavy atom. The highest BCUT2D eigenvalue weighted by Gasteiger charge is 2.54. The maximum absolute atomic E-state index is 10.6. The minimum atomic E-state index is -0.474. The maximum atomic E-state index is 10.6. The topological polar surface area (TPSA) is 110 Å².